The molecule has 0 radical (unpaired) electrons. The Bertz CT molecular complexity index is 383. The molecule has 0 spiro atoms. The van der Waals surface area contributed by atoms with Crippen LogP contribution in [-0.4, -0.2) is 28.5 Å². The molecule has 4 heteroatoms. The van der Waals surface area contributed by atoms with E-state index in [-0.39, 0.29) is 6.04 Å². The minimum Gasteiger partial charge on any atom is -0.378 e. The molecule has 0 amide bonds. The van der Waals surface area contributed by atoms with E-state index in [1.54, 1.807) is 0 Å². The highest BCUT2D eigenvalue weighted by Gasteiger charge is 2.18. The van der Waals surface area contributed by atoms with Gasteiger partial charge in [0.2, 0.25) is 0 Å². The third kappa shape index (κ3) is 4.05. The quantitative estimate of drug-likeness (QED) is 0.858. The molecule has 4 nitrogen and oxygen atoms in total. The second kappa shape index (κ2) is 7.06. The Kier molecular flexibility index (Phi) is 5.40. The van der Waals surface area contributed by atoms with E-state index in [9.17, 15) is 0 Å². The number of nitrogens with two attached hydrogens (primary N) is 1. The number of rotatable bonds is 6. The highest BCUT2D eigenvalue weighted by atomic mass is 16.5. The van der Waals surface area contributed by atoms with Gasteiger partial charge < -0.3 is 10.5 Å². The fourth-order valence-electron chi connectivity index (χ4n) is 2.81. The molecule has 1 fully saturated rings. The van der Waals surface area contributed by atoms with Gasteiger partial charge in [-0.2, -0.15) is 5.10 Å². The Balaban J connectivity index is 1.90. The number of aromatic nitrogens is 2. The molecule has 1 aliphatic heterocycles. The minimum absolute atomic E-state index is 0.176. The molecule has 1 aromatic rings. The van der Waals surface area contributed by atoms with Crippen molar-refractivity contribution in [3.63, 3.8) is 0 Å². The highest BCUT2D eigenvalue weighted by molar-refractivity contribution is 5.11. The summed E-state index contributed by atoms with van der Waals surface area (Å²) >= 11 is 0. The van der Waals surface area contributed by atoms with Crippen LogP contribution in [0.15, 0.2) is 6.07 Å². The first-order valence-corrected chi connectivity index (χ1v) is 7.65. The first kappa shape index (κ1) is 14.5. The lowest BCUT2D eigenvalue weighted by molar-refractivity contribution is 0.00738. The maximum atomic E-state index is 6.29. The first-order valence-electron chi connectivity index (χ1n) is 7.65. The Morgan fingerprint density at radius 1 is 1.47 bits per heavy atom. The molecule has 108 valence electrons. The number of ether oxygens (including phenoxy) is 1. The van der Waals surface area contributed by atoms with Gasteiger partial charge in [-0.25, -0.2) is 0 Å². The summed E-state index contributed by atoms with van der Waals surface area (Å²) < 4.78 is 7.85. The van der Waals surface area contributed by atoms with Crippen LogP contribution in [0.3, 0.4) is 0 Å². The summed E-state index contributed by atoms with van der Waals surface area (Å²) in [5, 5.41) is 4.58. The second-order valence-electron chi connectivity index (χ2n) is 5.48. The van der Waals surface area contributed by atoms with Crippen LogP contribution in [0.5, 0.6) is 0 Å². The van der Waals surface area contributed by atoms with Crippen molar-refractivity contribution in [2.75, 3.05) is 6.61 Å². The predicted octanol–water partition coefficient (Wildman–Crippen LogP) is 2.29. The Hall–Kier alpha value is -0.870. The fraction of sp³-hybridized carbons (Fsp3) is 0.800. The zero-order valence-electron chi connectivity index (χ0n) is 12.3. The minimum atomic E-state index is 0.176. The topological polar surface area (TPSA) is 53.1 Å². The third-order valence-corrected chi connectivity index (χ3v) is 3.89. The van der Waals surface area contributed by atoms with Crippen LogP contribution < -0.4 is 5.73 Å². The van der Waals surface area contributed by atoms with Gasteiger partial charge in [0.25, 0.3) is 0 Å². The zero-order chi connectivity index (χ0) is 13.7. The van der Waals surface area contributed by atoms with Crippen LogP contribution >= 0.6 is 0 Å². The molecular formula is C15H27N3O. The Morgan fingerprint density at radius 2 is 2.32 bits per heavy atom. The molecule has 2 atom stereocenters. The molecular weight excluding hydrogens is 238 g/mol. The summed E-state index contributed by atoms with van der Waals surface area (Å²) in [5.74, 6) is 0. The molecule has 1 aromatic heterocycles. The van der Waals surface area contributed by atoms with Crippen molar-refractivity contribution in [3.8, 4) is 0 Å². The van der Waals surface area contributed by atoms with E-state index >= 15 is 0 Å². The number of hydrogen-bond donors (Lipinski definition) is 1. The average molecular weight is 265 g/mol. The molecule has 0 bridgehead atoms. The van der Waals surface area contributed by atoms with Crippen molar-refractivity contribution < 1.29 is 4.74 Å². The van der Waals surface area contributed by atoms with Gasteiger partial charge in [0, 0.05) is 31.3 Å². The molecule has 19 heavy (non-hydrogen) atoms. The number of nitrogens with zero attached hydrogens (tertiary/aromatic N) is 2. The van der Waals surface area contributed by atoms with Crippen molar-refractivity contribution in [2.45, 2.75) is 71.1 Å². The Morgan fingerprint density at radius 3 is 2.95 bits per heavy atom. The number of hydrogen-bond acceptors (Lipinski definition) is 3. The van der Waals surface area contributed by atoms with Crippen LogP contribution in [-0.2, 0) is 24.1 Å². The summed E-state index contributed by atoms with van der Waals surface area (Å²) in [6, 6.07) is 2.38. The van der Waals surface area contributed by atoms with Crippen LogP contribution in [0, 0.1) is 0 Å². The maximum Gasteiger partial charge on any atom is 0.0624 e. The molecule has 2 unspecified atom stereocenters. The normalized spacial score (nSPS) is 21.5. The lowest BCUT2D eigenvalue weighted by Crippen LogP contribution is -2.32. The van der Waals surface area contributed by atoms with Gasteiger partial charge in [-0.3, -0.25) is 4.68 Å². The van der Waals surface area contributed by atoms with E-state index in [4.69, 9.17) is 10.5 Å². The third-order valence-electron chi connectivity index (χ3n) is 3.89. The van der Waals surface area contributed by atoms with Crippen LogP contribution in [0.25, 0.3) is 0 Å². The van der Waals surface area contributed by atoms with Gasteiger partial charge in [0.15, 0.2) is 0 Å². The van der Waals surface area contributed by atoms with Gasteiger partial charge in [0.05, 0.1) is 11.8 Å². The van der Waals surface area contributed by atoms with E-state index in [0.717, 1.165) is 38.1 Å². The highest BCUT2D eigenvalue weighted by Crippen LogP contribution is 2.18. The predicted molar refractivity (Wildman–Crippen MR) is 77.2 cm³/mol. The molecule has 1 aliphatic rings. The summed E-state index contributed by atoms with van der Waals surface area (Å²) in [7, 11) is 0. The largest absolute Gasteiger partial charge is 0.378 e. The lowest BCUT2D eigenvalue weighted by Gasteiger charge is -2.25. The van der Waals surface area contributed by atoms with Gasteiger partial charge >= 0.3 is 0 Å². The van der Waals surface area contributed by atoms with E-state index in [1.807, 2.05) is 0 Å². The first-order chi connectivity index (χ1) is 9.22. The van der Waals surface area contributed by atoms with Crippen molar-refractivity contribution in [1.82, 2.24) is 9.78 Å². The molecule has 1 saturated heterocycles. The van der Waals surface area contributed by atoms with E-state index in [2.05, 4.69) is 29.7 Å². The van der Waals surface area contributed by atoms with E-state index < -0.39 is 0 Å². The SMILES string of the molecule is CCc1cc(CC(N)CC2CCCCO2)n(CC)n1. The van der Waals surface area contributed by atoms with Crippen LogP contribution in [0.2, 0.25) is 0 Å². The molecule has 0 aliphatic carbocycles. The fourth-order valence-corrected chi connectivity index (χ4v) is 2.81. The standard InChI is InChI=1S/C15H27N3O/c1-3-13-11-14(18(4-2)17-13)9-12(16)10-15-7-5-6-8-19-15/h11-12,15H,3-10,16H2,1-2H3. The van der Waals surface area contributed by atoms with Crippen LogP contribution in [0.4, 0.5) is 0 Å². The zero-order valence-corrected chi connectivity index (χ0v) is 12.3. The monoisotopic (exact) mass is 265 g/mol. The summed E-state index contributed by atoms with van der Waals surface area (Å²) in [4.78, 5) is 0. The van der Waals surface area contributed by atoms with Gasteiger partial charge in [-0.15, -0.1) is 0 Å². The summed E-state index contributed by atoms with van der Waals surface area (Å²) in [6.07, 6.45) is 6.88. The van der Waals surface area contributed by atoms with Crippen molar-refractivity contribution >= 4 is 0 Å². The van der Waals surface area contributed by atoms with Crippen LogP contribution in [0.1, 0.15) is 50.9 Å². The summed E-state index contributed by atoms with van der Waals surface area (Å²) in [6.45, 7) is 6.10. The second-order valence-corrected chi connectivity index (χ2v) is 5.48. The van der Waals surface area contributed by atoms with E-state index in [1.165, 1.54) is 25.0 Å². The molecule has 2 rings (SSSR count). The maximum absolute atomic E-state index is 6.29. The number of aryl methyl sites for hydroxylation is 2. The average Bonchev–Trinajstić information content (AvgIpc) is 2.82. The summed E-state index contributed by atoms with van der Waals surface area (Å²) in [5.41, 5.74) is 8.72. The molecule has 2 heterocycles. The van der Waals surface area contributed by atoms with Crippen molar-refractivity contribution in [1.29, 1.82) is 0 Å². The van der Waals surface area contributed by atoms with Gasteiger partial charge in [-0.05, 0) is 45.1 Å². The molecule has 2 N–H and O–H groups in total. The van der Waals surface area contributed by atoms with Crippen molar-refractivity contribution in [2.24, 2.45) is 5.73 Å². The molecule has 0 saturated carbocycles. The smallest absolute Gasteiger partial charge is 0.0624 e. The lowest BCUT2D eigenvalue weighted by atomic mass is 9.99. The van der Waals surface area contributed by atoms with E-state index in [0.29, 0.717) is 6.10 Å². The van der Waals surface area contributed by atoms with Crippen molar-refractivity contribution in [3.05, 3.63) is 17.5 Å². The van der Waals surface area contributed by atoms with Gasteiger partial charge in [0.1, 0.15) is 0 Å². The molecule has 0 aromatic carbocycles. The van der Waals surface area contributed by atoms with Gasteiger partial charge in [-0.1, -0.05) is 6.92 Å². The Labute approximate surface area is 116 Å².